The van der Waals surface area contributed by atoms with E-state index >= 15 is 0 Å². The molecule has 1 heterocycles. The van der Waals surface area contributed by atoms with Gasteiger partial charge < -0.3 is 4.74 Å². The summed E-state index contributed by atoms with van der Waals surface area (Å²) in [5.41, 5.74) is 0. The van der Waals surface area contributed by atoms with Crippen molar-refractivity contribution in [3.8, 4) is 5.75 Å². The summed E-state index contributed by atoms with van der Waals surface area (Å²) in [5, 5.41) is 0.195. The Morgan fingerprint density at radius 1 is 1.38 bits per heavy atom. The first kappa shape index (κ1) is 16.3. The fraction of sp³-hybridized carbons (Fsp3) is 0.467. The number of halogens is 1. The van der Waals surface area contributed by atoms with E-state index in [0.717, 1.165) is 25.9 Å². The highest BCUT2D eigenvalue weighted by Gasteiger charge is 2.26. The number of benzene rings is 1. The molecule has 1 aliphatic rings. The molecule has 0 spiro atoms. The number of likely N-dealkylation sites (tertiary alicyclic amines) is 1. The van der Waals surface area contributed by atoms with Crippen molar-refractivity contribution >= 4 is 21.4 Å². The van der Waals surface area contributed by atoms with E-state index in [1.54, 1.807) is 24.3 Å². The summed E-state index contributed by atoms with van der Waals surface area (Å²) in [6.07, 6.45) is 1.76. The summed E-state index contributed by atoms with van der Waals surface area (Å²) in [6, 6.07) is 6.61. The zero-order valence-corrected chi connectivity index (χ0v) is 13.7. The van der Waals surface area contributed by atoms with Crippen LogP contribution < -0.4 is 4.74 Å². The average Bonchev–Trinajstić information content (AvgIpc) is 2.49. The Morgan fingerprint density at radius 2 is 2.00 bits per heavy atom. The van der Waals surface area contributed by atoms with Gasteiger partial charge in [-0.15, -0.1) is 11.6 Å². The van der Waals surface area contributed by atoms with Gasteiger partial charge >= 0.3 is 0 Å². The van der Waals surface area contributed by atoms with Crippen LogP contribution in [0.5, 0.6) is 5.75 Å². The Morgan fingerprint density at radius 3 is 2.62 bits per heavy atom. The van der Waals surface area contributed by atoms with Crippen molar-refractivity contribution in [3.05, 3.63) is 35.7 Å². The molecule has 0 radical (unpaired) electrons. The van der Waals surface area contributed by atoms with Gasteiger partial charge in [0, 0.05) is 11.9 Å². The van der Waals surface area contributed by atoms with Gasteiger partial charge in [-0.05, 0) is 38.1 Å². The Labute approximate surface area is 131 Å². The molecule has 4 nitrogen and oxygen atoms in total. The lowest BCUT2D eigenvalue weighted by atomic mass is 10.1. The number of ether oxygens (including phenoxy) is 1. The standard InChI is InChI=1S/C15H20ClNO3S/c1-12(11-17-9-7-13(16)8-10-17)21(18,19)15-6-4-3-5-14(15)20-2/h3-6,13H,1,7-11H2,2H3. The van der Waals surface area contributed by atoms with E-state index in [1.165, 1.54) is 7.11 Å². The summed E-state index contributed by atoms with van der Waals surface area (Å²) in [5.74, 6) is 0.345. The molecule has 1 aliphatic heterocycles. The number of hydrogen-bond acceptors (Lipinski definition) is 4. The first-order chi connectivity index (χ1) is 9.95. The average molecular weight is 330 g/mol. The Hall–Kier alpha value is -1.04. The van der Waals surface area contributed by atoms with Crippen molar-refractivity contribution in [2.24, 2.45) is 0 Å². The number of sulfone groups is 1. The Bertz CT molecular complexity index is 607. The zero-order valence-electron chi connectivity index (χ0n) is 12.1. The van der Waals surface area contributed by atoms with Gasteiger partial charge in [-0.3, -0.25) is 4.90 Å². The molecule has 0 saturated carbocycles. The van der Waals surface area contributed by atoms with Crippen LogP contribution in [0.1, 0.15) is 12.8 Å². The van der Waals surface area contributed by atoms with E-state index in [4.69, 9.17) is 16.3 Å². The molecule has 0 amide bonds. The SMILES string of the molecule is C=C(CN1CCC(Cl)CC1)S(=O)(=O)c1ccccc1OC. The molecule has 0 unspecified atom stereocenters. The van der Waals surface area contributed by atoms with Crippen LogP contribution in [0.4, 0.5) is 0 Å². The highest BCUT2D eigenvalue weighted by atomic mass is 35.5. The van der Waals surface area contributed by atoms with Crippen LogP contribution in [0, 0.1) is 0 Å². The molecule has 1 aromatic rings. The normalized spacial score (nSPS) is 17.6. The third-order valence-corrected chi connectivity index (χ3v) is 5.90. The van der Waals surface area contributed by atoms with Crippen molar-refractivity contribution < 1.29 is 13.2 Å². The topological polar surface area (TPSA) is 46.6 Å². The highest BCUT2D eigenvalue weighted by Crippen LogP contribution is 2.28. The maximum atomic E-state index is 12.6. The lowest BCUT2D eigenvalue weighted by Crippen LogP contribution is -2.36. The van der Waals surface area contributed by atoms with Gasteiger partial charge in [0.2, 0.25) is 9.84 Å². The molecule has 2 rings (SSSR count). The lowest BCUT2D eigenvalue weighted by molar-refractivity contribution is 0.252. The second kappa shape index (κ2) is 6.81. The largest absolute Gasteiger partial charge is 0.495 e. The number of rotatable bonds is 5. The van der Waals surface area contributed by atoms with Crippen molar-refractivity contribution in [3.63, 3.8) is 0 Å². The van der Waals surface area contributed by atoms with Crippen LogP contribution in [-0.2, 0) is 9.84 Å². The zero-order chi connectivity index (χ0) is 15.5. The van der Waals surface area contributed by atoms with Crippen molar-refractivity contribution in [2.45, 2.75) is 23.1 Å². The molecule has 1 saturated heterocycles. The maximum absolute atomic E-state index is 12.6. The number of para-hydroxylation sites is 1. The third-order valence-electron chi connectivity index (χ3n) is 3.66. The predicted octanol–water partition coefficient (Wildman–Crippen LogP) is 2.69. The summed E-state index contributed by atoms with van der Waals surface area (Å²) in [4.78, 5) is 2.44. The van der Waals surface area contributed by atoms with Crippen LogP contribution in [0.3, 0.4) is 0 Å². The van der Waals surface area contributed by atoms with E-state index < -0.39 is 9.84 Å². The number of alkyl halides is 1. The molecule has 0 aliphatic carbocycles. The second-order valence-electron chi connectivity index (χ2n) is 5.14. The number of nitrogens with zero attached hydrogens (tertiary/aromatic N) is 1. The summed E-state index contributed by atoms with van der Waals surface area (Å²) in [6.45, 7) is 5.71. The van der Waals surface area contributed by atoms with E-state index in [1.807, 2.05) is 0 Å². The highest BCUT2D eigenvalue weighted by molar-refractivity contribution is 7.95. The van der Waals surface area contributed by atoms with E-state index in [0.29, 0.717) is 12.3 Å². The first-order valence-corrected chi connectivity index (χ1v) is 8.79. The Balaban J connectivity index is 2.14. The molecule has 21 heavy (non-hydrogen) atoms. The van der Waals surface area contributed by atoms with Crippen LogP contribution in [0.15, 0.2) is 40.6 Å². The van der Waals surface area contributed by atoms with Crippen LogP contribution in [-0.4, -0.2) is 45.4 Å². The fourth-order valence-corrected chi connectivity index (χ4v) is 3.92. The number of methoxy groups -OCH3 is 1. The molecular formula is C15H20ClNO3S. The molecule has 0 aromatic heterocycles. The summed E-state index contributed by atoms with van der Waals surface area (Å²) in [7, 11) is -2.13. The molecular weight excluding hydrogens is 310 g/mol. The van der Waals surface area contributed by atoms with E-state index in [9.17, 15) is 8.42 Å². The molecule has 0 N–H and O–H groups in total. The second-order valence-corrected chi connectivity index (χ2v) is 7.79. The predicted molar refractivity (Wildman–Crippen MR) is 84.6 cm³/mol. The smallest absolute Gasteiger partial charge is 0.207 e. The van der Waals surface area contributed by atoms with Gasteiger partial charge in [0.1, 0.15) is 10.6 Å². The van der Waals surface area contributed by atoms with Crippen LogP contribution in [0.25, 0.3) is 0 Å². The van der Waals surface area contributed by atoms with Gasteiger partial charge in [0.15, 0.2) is 0 Å². The van der Waals surface area contributed by atoms with Gasteiger partial charge in [-0.2, -0.15) is 0 Å². The first-order valence-electron chi connectivity index (χ1n) is 6.87. The Kier molecular flexibility index (Phi) is 5.30. The summed E-state index contributed by atoms with van der Waals surface area (Å²) < 4.78 is 30.4. The fourth-order valence-electron chi connectivity index (χ4n) is 2.39. The van der Waals surface area contributed by atoms with Gasteiger partial charge in [-0.1, -0.05) is 18.7 Å². The van der Waals surface area contributed by atoms with E-state index in [2.05, 4.69) is 11.5 Å². The molecule has 1 aromatic carbocycles. The molecule has 6 heteroatoms. The molecule has 0 atom stereocenters. The van der Waals surface area contributed by atoms with Crippen molar-refractivity contribution in [1.82, 2.24) is 4.90 Å². The van der Waals surface area contributed by atoms with E-state index in [-0.39, 0.29) is 15.2 Å². The van der Waals surface area contributed by atoms with Crippen LogP contribution in [0.2, 0.25) is 0 Å². The van der Waals surface area contributed by atoms with Gasteiger partial charge in [-0.25, -0.2) is 8.42 Å². The van der Waals surface area contributed by atoms with Crippen molar-refractivity contribution in [2.75, 3.05) is 26.7 Å². The molecule has 1 fully saturated rings. The molecule has 116 valence electrons. The minimum Gasteiger partial charge on any atom is -0.495 e. The summed E-state index contributed by atoms with van der Waals surface area (Å²) >= 11 is 6.06. The van der Waals surface area contributed by atoms with Crippen LogP contribution >= 0.6 is 11.6 Å². The third kappa shape index (κ3) is 3.78. The molecule has 0 bridgehead atoms. The number of hydrogen-bond donors (Lipinski definition) is 0. The lowest BCUT2D eigenvalue weighted by Gasteiger charge is -2.29. The van der Waals surface area contributed by atoms with Gasteiger partial charge in [0.05, 0.1) is 12.0 Å². The quantitative estimate of drug-likeness (QED) is 0.779. The minimum absolute atomic E-state index is 0.171. The van der Waals surface area contributed by atoms with Crippen molar-refractivity contribution in [1.29, 1.82) is 0 Å². The minimum atomic E-state index is -3.59. The monoisotopic (exact) mass is 329 g/mol. The van der Waals surface area contributed by atoms with Gasteiger partial charge in [0.25, 0.3) is 0 Å². The number of piperidine rings is 1. The maximum Gasteiger partial charge on any atom is 0.207 e.